The molecule has 1 aliphatic heterocycles. The van der Waals surface area contributed by atoms with E-state index in [4.69, 9.17) is 28.4 Å². The van der Waals surface area contributed by atoms with Crippen LogP contribution in [0, 0.1) is 23.7 Å². The molecule has 0 aliphatic carbocycles. The van der Waals surface area contributed by atoms with Crippen LogP contribution < -0.4 is 10.6 Å². The van der Waals surface area contributed by atoms with Crippen molar-refractivity contribution in [2.24, 2.45) is 23.7 Å². The third kappa shape index (κ3) is 18.5. The Kier molecular flexibility index (Phi) is 26.9. The van der Waals surface area contributed by atoms with Crippen molar-refractivity contribution >= 4 is 29.6 Å². The van der Waals surface area contributed by atoms with Gasteiger partial charge >= 0.3 is 5.97 Å². The Labute approximate surface area is 387 Å². The first-order valence-corrected chi connectivity index (χ1v) is 23.1. The minimum atomic E-state index is -1.07. The number of esters is 1. The zero-order valence-electron chi connectivity index (χ0n) is 40.9. The number of benzene rings is 1. The quantitative estimate of drug-likeness (QED) is 0.0464. The number of likely N-dealkylation sites (N-methyl/N-ethyl adjacent to an activating group) is 2. The number of amides is 4. The lowest BCUT2D eigenvalue weighted by atomic mass is 9.89. The Hall–Kier alpha value is -3.75. The summed E-state index contributed by atoms with van der Waals surface area (Å²) in [7, 11) is 6.86. The maximum Gasteiger partial charge on any atom is 0.329 e. The van der Waals surface area contributed by atoms with Crippen molar-refractivity contribution in [1.82, 2.24) is 25.3 Å². The maximum atomic E-state index is 14.4. The van der Waals surface area contributed by atoms with Crippen LogP contribution in [-0.2, 0) is 58.8 Å². The second-order valence-electron chi connectivity index (χ2n) is 17.7. The van der Waals surface area contributed by atoms with Gasteiger partial charge in [-0.15, -0.1) is 0 Å². The van der Waals surface area contributed by atoms with E-state index in [1.54, 1.807) is 26.0 Å². The SMILES string of the molecule is CC[C@H](C)[C@@H]([C@@H](CC(=O)N1CCC[C@H]1[C@H](OCO)[C@@H](C)C(=O)N[C@@H](Cc1ccccc1)C(=O)OCCOCCOCCOC)OCO)N(C)C(=O)[C@@H](NC(=O)[C@H](C(C)C)N(C)C)C(C)C. The van der Waals surface area contributed by atoms with E-state index >= 15 is 0 Å². The van der Waals surface area contributed by atoms with Crippen molar-refractivity contribution in [3.8, 4) is 0 Å². The molecule has 18 nitrogen and oxygen atoms in total. The predicted octanol–water partition coefficient (Wildman–Crippen LogP) is 2.22. The minimum absolute atomic E-state index is 0.0132. The van der Waals surface area contributed by atoms with Crippen LogP contribution in [0.2, 0.25) is 0 Å². The lowest BCUT2D eigenvalue weighted by molar-refractivity contribution is -0.157. The topological polar surface area (TPSA) is 215 Å². The van der Waals surface area contributed by atoms with E-state index in [1.165, 1.54) is 4.90 Å². The number of carbonyl (C=O) groups is 5. The fourth-order valence-electron chi connectivity index (χ4n) is 8.53. The summed E-state index contributed by atoms with van der Waals surface area (Å²) in [6.45, 7) is 13.7. The lowest BCUT2D eigenvalue weighted by Gasteiger charge is -2.41. The number of aliphatic hydroxyl groups excluding tert-OH is 2. The summed E-state index contributed by atoms with van der Waals surface area (Å²) in [6, 6.07) is 5.45. The van der Waals surface area contributed by atoms with Gasteiger partial charge in [-0.2, -0.15) is 0 Å². The van der Waals surface area contributed by atoms with Crippen molar-refractivity contribution in [3.05, 3.63) is 35.9 Å². The third-order valence-corrected chi connectivity index (χ3v) is 12.1. The van der Waals surface area contributed by atoms with Crippen LogP contribution in [0.3, 0.4) is 0 Å². The molecule has 1 heterocycles. The summed E-state index contributed by atoms with van der Waals surface area (Å²) in [5.74, 6) is -3.59. The molecule has 4 amide bonds. The molecule has 65 heavy (non-hydrogen) atoms. The number of hydrogen-bond donors (Lipinski definition) is 4. The molecule has 1 saturated heterocycles. The van der Waals surface area contributed by atoms with Gasteiger partial charge in [-0.05, 0) is 50.3 Å². The van der Waals surface area contributed by atoms with Crippen molar-refractivity contribution in [2.45, 2.75) is 123 Å². The van der Waals surface area contributed by atoms with Gasteiger partial charge in [-0.3, -0.25) is 24.1 Å². The summed E-state index contributed by atoms with van der Waals surface area (Å²) >= 11 is 0. The van der Waals surface area contributed by atoms with Crippen LogP contribution in [0.1, 0.15) is 79.7 Å². The van der Waals surface area contributed by atoms with Crippen molar-refractivity contribution in [2.75, 3.05) is 88.0 Å². The number of nitrogens with one attached hydrogen (secondary N) is 2. The first-order chi connectivity index (χ1) is 30.9. The first-order valence-electron chi connectivity index (χ1n) is 23.1. The number of carbonyl (C=O) groups excluding carboxylic acids is 5. The molecule has 0 radical (unpaired) electrons. The number of rotatable bonds is 32. The second-order valence-corrected chi connectivity index (χ2v) is 17.7. The highest BCUT2D eigenvalue weighted by atomic mass is 16.6. The number of ether oxygens (including phenoxy) is 6. The molecule has 1 aromatic carbocycles. The van der Waals surface area contributed by atoms with E-state index in [1.807, 2.05) is 90.9 Å². The summed E-state index contributed by atoms with van der Waals surface area (Å²) in [5.41, 5.74) is 0.791. The predicted molar refractivity (Wildman–Crippen MR) is 244 cm³/mol. The highest BCUT2D eigenvalue weighted by Crippen LogP contribution is 2.30. The van der Waals surface area contributed by atoms with E-state index in [-0.39, 0.29) is 61.5 Å². The van der Waals surface area contributed by atoms with Gasteiger partial charge in [-0.25, -0.2) is 4.79 Å². The molecule has 4 N–H and O–H groups in total. The highest BCUT2D eigenvalue weighted by molar-refractivity contribution is 5.90. The summed E-state index contributed by atoms with van der Waals surface area (Å²) < 4.78 is 33.1. The molecule has 1 aromatic rings. The molecule has 0 bridgehead atoms. The molecule has 0 unspecified atom stereocenters. The van der Waals surface area contributed by atoms with Crippen molar-refractivity contribution in [3.63, 3.8) is 0 Å². The van der Waals surface area contributed by atoms with Gasteiger partial charge in [0.1, 0.15) is 32.3 Å². The van der Waals surface area contributed by atoms with Crippen molar-refractivity contribution in [1.29, 1.82) is 0 Å². The summed E-state index contributed by atoms with van der Waals surface area (Å²) in [4.78, 5) is 74.8. The van der Waals surface area contributed by atoms with E-state index in [9.17, 15) is 34.2 Å². The zero-order valence-corrected chi connectivity index (χ0v) is 40.9. The maximum absolute atomic E-state index is 14.4. The van der Waals surface area contributed by atoms with Crippen LogP contribution in [0.15, 0.2) is 30.3 Å². The van der Waals surface area contributed by atoms with E-state index in [0.717, 1.165) is 5.56 Å². The molecular weight excluding hydrogens is 843 g/mol. The average molecular weight is 924 g/mol. The molecule has 9 atom stereocenters. The Morgan fingerprint density at radius 1 is 0.815 bits per heavy atom. The largest absolute Gasteiger partial charge is 0.462 e. The van der Waals surface area contributed by atoms with E-state index < -0.39 is 73.8 Å². The van der Waals surface area contributed by atoms with Gasteiger partial charge in [0.2, 0.25) is 23.6 Å². The fraction of sp³-hybridized carbons (Fsp3) is 0.766. The molecule has 372 valence electrons. The summed E-state index contributed by atoms with van der Waals surface area (Å²) in [6.07, 6.45) is -0.350. The lowest BCUT2D eigenvalue weighted by Crippen LogP contribution is -2.60. The van der Waals surface area contributed by atoms with Crippen LogP contribution >= 0.6 is 0 Å². The van der Waals surface area contributed by atoms with Gasteiger partial charge in [0, 0.05) is 27.1 Å². The van der Waals surface area contributed by atoms with Crippen molar-refractivity contribution < 1.29 is 62.6 Å². The number of hydrogen-bond acceptors (Lipinski definition) is 14. The second kappa shape index (κ2) is 30.5. The Morgan fingerprint density at radius 2 is 1.43 bits per heavy atom. The average Bonchev–Trinajstić information content (AvgIpc) is 3.76. The van der Waals surface area contributed by atoms with E-state index in [0.29, 0.717) is 52.2 Å². The van der Waals surface area contributed by atoms with Gasteiger partial charge in [-0.1, -0.05) is 85.2 Å². The van der Waals surface area contributed by atoms with Crippen LogP contribution in [0.5, 0.6) is 0 Å². The Balaban J connectivity index is 2.30. The number of likely N-dealkylation sites (tertiary alicyclic amines) is 1. The number of aliphatic hydroxyl groups is 2. The van der Waals surface area contributed by atoms with Crippen LogP contribution in [-0.4, -0.2) is 185 Å². The normalized spacial score (nSPS) is 17.8. The van der Waals surface area contributed by atoms with Gasteiger partial charge in [0.25, 0.3) is 0 Å². The molecule has 0 saturated carbocycles. The number of methoxy groups -OCH3 is 1. The number of nitrogens with zero attached hydrogens (tertiary/aromatic N) is 3. The molecule has 18 heteroatoms. The zero-order chi connectivity index (χ0) is 48.6. The third-order valence-electron chi connectivity index (χ3n) is 12.1. The first kappa shape index (κ1) is 57.4. The Morgan fingerprint density at radius 3 is 1.98 bits per heavy atom. The van der Waals surface area contributed by atoms with Gasteiger partial charge in [0.05, 0.1) is 75.7 Å². The monoisotopic (exact) mass is 924 g/mol. The molecule has 1 fully saturated rings. The summed E-state index contributed by atoms with van der Waals surface area (Å²) in [5, 5.41) is 26.0. The molecular formula is C47H81N5O13. The molecule has 0 spiro atoms. The minimum Gasteiger partial charge on any atom is -0.462 e. The molecule has 0 aromatic heterocycles. The highest BCUT2D eigenvalue weighted by Gasteiger charge is 2.44. The standard InChI is InChI=1S/C47H81N5O13/c1-12-33(6)42(51(10)46(58)40(31(2)3)49-45(57)41(32(4)5)50(8)9)38(64-29-53)28-39(55)52-20-16-19-37(52)43(65-30-54)34(7)44(56)48-36(27-35-17-14-13-15-18-35)47(59)63-26-25-62-24-23-61-22-21-60-11/h13-15,17-18,31-34,36-38,40-43,53-54H,12,16,19-30H2,1-11H3,(H,48,56)(H,49,57)/t33-,34+,36-,37-,38+,40-,41-,42-,43+/m0/s1. The van der Waals surface area contributed by atoms with Gasteiger partial charge < -0.3 is 59.1 Å². The fourth-order valence-corrected chi connectivity index (χ4v) is 8.53. The molecule has 2 rings (SSSR count). The van der Waals surface area contributed by atoms with Crippen LogP contribution in [0.4, 0.5) is 0 Å². The Bertz CT molecular complexity index is 1550. The molecule has 1 aliphatic rings. The van der Waals surface area contributed by atoms with Crippen LogP contribution in [0.25, 0.3) is 0 Å². The van der Waals surface area contributed by atoms with E-state index in [2.05, 4.69) is 10.6 Å². The van der Waals surface area contributed by atoms with Gasteiger partial charge in [0.15, 0.2) is 0 Å². The smallest absolute Gasteiger partial charge is 0.329 e.